The van der Waals surface area contributed by atoms with Crippen LogP contribution in [0.2, 0.25) is 0 Å². The van der Waals surface area contributed by atoms with Crippen LogP contribution in [0.15, 0.2) is 15.7 Å². The molecule has 110 valence electrons. The number of likely N-dealkylation sites (tertiary alicyclic amines) is 1. The predicted octanol–water partition coefficient (Wildman–Crippen LogP) is -0.475. The summed E-state index contributed by atoms with van der Waals surface area (Å²) in [5.74, 6) is 0.352. The van der Waals surface area contributed by atoms with Gasteiger partial charge < -0.3 is 15.2 Å². The standard InChI is InChI=1S/C13H20N4O3/c1-14-5-2-9-3-6-17(7-4-9)12(19)10-8-11(18)16-13(20)15-10/h8-9,14H,2-7H2,1H3,(H2,15,16,18,20). The van der Waals surface area contributed by atoms with E-state index in [1.807, 2.05) is 7.05 Å². The van der Waals surface area contributed by atoms with E-state index in [-0.39, 0.29) is 11.6 Å². The highest BCUT2D eigenvalue weighted by atomic mass is 16.2. The lowest BCUT2D eigenvalue weighted by molar-refractivity contribution is 0.0680. The summed E-state index contributed by atoms with van der Waals surface area (Å²) in [6, 6.07) is 1.14. The van der Waals surface area contributed by atoms with Crippen molar-refractivity contribution in [3.63, 3.8) is 0 Å². The minimum absolute atomic E-state index is 0.0624. The molecule has 0 radical (unpaired) electrons. The molecule has 1 saturated heterocycles. The monoisotopic (exact) mass is 280 g/mol. The van der Waals surface area contributed by atoms with Crippen LogP contribution in [0.25, 0.3) is 0 Å². The molecule has 3 N–H and O–H groups in total. The van der Waals surface area contributed by atoms with E-state index in [4.69, 9.17) is 0 Å². The van der Waals surface area contributed by atoms with E-state index in [0.29, 0.717) is 19.0 Å². The minimum atomic E-state index is -0.648. The Balaban J connectivity index is 1.98. The fraction of sp³-hybridized carbons (Fsp3) is 0.615. The van der Waals surface area contributed by atoms with Crippen LogP contribution >= 0.6 is 0 Å². The quantitative estimate of drug-likeness (QED) is 0.694. The molecule has 0 aliphatic carbocycles. The Bertz CT molecular complexity index is 541. The topological polar surface area (TPSA) is 98.1 Å². The molecule has 20 heavy (non-hydrogen) atoms. The zero-order valence-corrected chi connectivity index (χ0v) is 11.6. The van der Waals surface area contributed by atoms with Gasteiger partial charge in [-0.1, -0.05) is 0 Å². The number of amides is 1. The second-order valence-corrected chi connectivity index (χ2v) is 5.13. The number of nitrogens with one attached hydrogen (secondary N) is 3. The summed E-state index contributed by atoms with van der Waals surface area (Å²) in [5, 5.41) is 3.13. The summed E-state index contributed by atoms with van der Waals surface area (Å²) in [5.41, 5.74) is -1.14. The lowest BCUT2D eigenvalue weighted by Crippen LogP contribution is -2.40. The van der Waals surface area contributed by atoms with Crippen molar-refractivity contribution in [2.75, 3.05) is 26.7 Å². The van der Waals surface area contributed by atoms with Crippen molar-refractivity contribution in [1.82, 2.24) is 20.2 Å². The van der Waals surface area contributed by atoms with Crippen molar-refractivity contribution in [3.8, 4) is 0 Å². The predicted molar refractivity (Wildman–Crippen MR) is 74.9 cm³/mol. The molecule has 0 saturated carbocycles. The number of hydrogen-bond acceptors (Lipinski definition) is 4. The molecule has 2 heterocycles. The summed E-state index contributed by atoms with van der Waals surface area (Å²) in [4.78, 5) is 40.7. The fourth-order valence-electron chi connectivity index (χ4n) is 2.53. The summed E-state index contributed by atoms with van der Waals surface area (Å²) in [6.45, 7) is 2.32. The molecule has 1 aliphatic heterocycles. The first-order valence-corrected chi connectivity index (χ1v) is 6.87. The molecule has 0 unspecified atom stereocenters. The first kappa shape index (κ1) is 14.5. The van der Waals surface area contributed by atoms with E-state index < -0.39 is 11.2 Å². The molecular formula is C13H20N4O3. The molecule has 7 heteroatoms. The first-order valence-electron chi connectivity index (χ1n) is 6.87. The molecule has 1 aromatic rings. The highest BCUT2D eigenvalue weighted by Crippen LogP contribution is 2.20. The molecule has 7 nitrogen and oxygen atoms in total. The third-order valence-electron chi connectivity index (χ3n) is 3.70. The molecular weight excluding hydrogens is 260 g/mol. The number of carbonyl (C=O) groups excluding carboxylic acids is 1. The van der Waals surface area contributed by atoms with Gasteiger partial charge in [-0.05, 0) is 38.8 Å². The van der Waals surface area contributed by atoms with E-state index in [1.54, 1.807) is 4.90 Å². The number of nitrogens with zero attached hydrogens (tertiary/aromatic N) is 1. The van der Waals surface area contributed by atoms with Gasteiger partial charge in [0.15, 0.2) is 0 Å². The zero-order chi connectivity index (χ0) is 14.5. The third kappa shape index (κ3) is 3.57. The average molecular weight is 280 g/mol. The fourth-order valence-corrected chi connectivity index (χ4v) is 2.53. The lowest BCUT2D eigenvalue weighted by atomic mass is 9.93. The highest BCUT2D eigenvalue weighted by Gasteiger charge is 2.24. The number of carbonyl (C=O) groups is 1. The van der Waals surface area contributed by atoms with Crippen molar-refractivity contribution >= 4 is 5.91 Å². The Morgan fingerprint density at radius 3 is 2.65 bits per heavy atom. The number of H-pyrrole nitrogens is 2. The molecule has 1 aliphatic rings. The van der Waals surface area contributed by atoms with Crippen molar-refractivity contribution in [2.45, 2.75) is 19.3 Å². The van der Waals surface area contributed by atoms with Crippen molar-refractivity contribution < 1.29 is 4.79 Å². The van der Waals surface area contributed by atoms with Gasteiger partial charge in [0, 0.05) is 19.2 Å². The lowest BCUT2D eigenvalue weighted by Gasteiger charge is -2.31. The molecule has 0 atom stereocenters. The van der Waals surface area contributed by atoms with E-state index in [9.17, 15) is 14.4 Å². The largest absolute Gasteiger partial charge is 0.337 e. The first-order chi connectivity index (χ1) is 9.60. The zero-order valence-electron chi connectivity index (χ0n) is 11.6. The molecule has 1 amide bonds. The number of aromatic amines is 2. The second-order valence-electron chi connectivity index (χ2n) is 5.13. The third-order valence-corrected chi connectivity index (χ3v) is 3.70. The maximum atomic E-state index is 12.2. The van der Waals surface area contributed by atoms with Crippen LogP contribution in [0.3, 0.4) is 0 Å². The molecule has 2 rings (SSSR count). The summed E-state index contributed by atoms with van der Waals surface area (Å²) in [7, 11) is 1.93. The van der Waals surface area contributed by atoms with Crippen LogP contribution in [-0.4, -0.2) is 47.5 Å². The average Bonchev–Trinajstić information content (AvgIpc) is 2.44. The van der Waals surface area contributed by atoms with Gasteiger partial charge in [0.05, 0.1) is 0 Å². The highest BCUT2D eigenvalue weighted by molar-refractivity contribution is 5.92. The van der Waals surface area contributed by atoms with Gasteiger partial charge in [0.1, 0.15) is 5.69 Å². The number of piperidine rings is 1. The summed E-state index contributed by atoms with van der Waals surface area (Å²) < 4.78 is 0. The van der Waals surface area contributed by atoms with Gasteiger partial charge >= 0.3 is 5.69 Å². The van der Waals surface area contributed by atoms with Gasteiger partial charge in [-0.25, -0.2) is 4.79 Å². The Hall–Kier alpha value is -1.89. The molecule has 1 fully saturated rings. The Kier molecular flexibility index (Phi) is 4.73. The number of hydrogen-bond donors (Lipinski definition) is 3. The second kappa shape index (κ2) is 6.51. The van der Waals surface area contributed by atoms with Gasteiger partial charge in [-0.15, -0.1) is 0 Å². The van der Waals surface area contributed by atoms with Gasteiger partial charge in [0.2, 0.25) is 0 Å². The van der Waals surface area contributed by atoms with E-state index >= 15 is 0 Å². The molecule has 0 aromatic carbocycles. The molecule has 1 aromatic heterocycles. The SMILES string of the molecule is CNCCC1CCN(C(=O)c2cc(=O)[nH]c(=O)[nH]2)CC1. The van der Waals surface area contributed by atoms with Crippen molar-refractivity contribution in [2.24, 2.45) is 5.92 Å². The van der Waals surface area contributed by atoms with Gasteiger partial charge in [-0.3, -0.25) is 14.6 Å². The van der Waals surface area contributed by atoms with Crippen LogP contribution in [0.5, 0.6) is 0 Å². The normalized spacial score (nSPS) is 16.4. The maximum Gasteiger partial charge on any atom is 0.326 e. The van der Waals surface area contributed by atoms with Crippen LogP contribution in [-0.2, 0) is 0 Å². The van der Waals surface area contributed by atoms with Crippen molar-refractivity contribution in [3.05, 3.63) is 32.6 Å². The minimum Gasteiger partial charge on any atom is -0.337 e. The van der Waals surface area contributed by atoms with E-state index in [1.165, 1.54) is 0 Å². The Labute approximate surface area is 116 Å². The number of aromatic nitrogens is 2. The molecule has 0 spiro atoms. The van der Waals surface area contributed by atoms with Gasteiger partial charge in [0.25, 0.3) is 11.5 Å². The summed E-state index contributed by atoms with van der Waals surface area (Å²) >= 11 is 0. The smallest absolute Gasteiger partial charge is 0.326 e. The van der Waals surface area contributed by atoms with Crippen LogP contribution in [0.1, 0.15) is 29.8 Å². The van der Waals surface area contributed by atoms with E-state index in [0.717, 1.165) is 31.9 Å². The van der Waals surface area contributed by atoms with E-state index in [2.05, 4.69) is 15.3 Å². The van der Waals surface area contributed by atoms with Crippen molar-refractivity contribution in [1.29, 1.82) is 0 Å². The Morgan fingerprint density at radius 2 is 2.05 bits per heavy atom. The van der Waals surface area contributed by atoms with Crippen LogP contribution < -0.4 is 16.6 Å². The van der Waals surface area contributed by atoms with Gasteiger partial charge in [-0.2, -0.15) is 0 Å². The molecule has 0 bridgehead atoms. The Morgan fingerprint density at radius 1 is 1.35 bits per heavy atom. The number of rotatable bonds is 4. The van der Waals surface area contributed by atoms with Crippen LogP contribution in [0, 0.1) is 5.92 Å². The van der Waals surface area contributed by atoms with Crippen LogP contribution in [0.4, 0.5) is 0 Å². The summed E-state index contributed by atoms with van der Waals surface area (Å²) in [6.07, 6.45) is 3.03. The maximum absolute atomic E-state index is 12.2.